The number of benzene rings is 1. The molecule has 18 heavy (non-hydrogen) atoms. The van der Waals surface area contributed by atoms with Gasteiger partial charge in [-0.1, -0.05) is 0 Å². The van der Waals surface area contributed by atoms with Crippen LogP contribution in [0.5, 0.6) is 0 Å². The summed E-state index contributed by atoms with van der Waals surface area (Å²) in [4.78, 5) is 11.0. The van der Waals surface area contributed by atoms with Crippen LogP contribution < -0.4 is 5.32 Å². The van der Waals surface area contributed by atoms with Crippen molar-refractivity contribution >= 4 is 11.8 Å². The number of aryl methyl sites for hydroxylation is 1. The molecule has 100 valence electrons. The summed E-state index contributed by atoms with van der Waals surface area (Å²) >= 11 is 0. The third-order valence-corrected chi connectivity index (χ3v) is 2.13. The highest BCUT2D eigenvalue weighted by Gasteiger charge is 2.33. The molecule has 0 fully saturated rings. The molecule has 1 amide bonds. The molecule has 0 unspecified atom stereocenters. The van der Waals surface area contributed by atoms with E-state index in [2.05, 4.69) is 4.74 Å². The number of anilines is 1. The Bertz CT molecular complexity index is 457. The van der Waals surface area contributed by atoms with Crippen LogP contribution in [0.1, 0.15) is 18.1 Å². The molecule has 0 aliphatic heterocycles. The zero-order valence-electron chi connectivity index (χ0n) is 9.69. The number of nitrogens with one attached hydrogen (secondary N) is 1. The van der Waals surface area contributed by atoms with E-state index in [-0.39, 0.29) is 17.9 Å². The summed E-state index contributed by atoms with van der Waals surface area (Å²) in [5, 5.41) is 2.03. The molecular formula is C11H11F4NO2. The van der Waals surface area contributed by atoms with E-state index in [1.54, 1.807) is 6.92 Å². The lowest BCUT2D eigenvalue weighted by atomic mass is 10.1. The normalized spacial score (nSPS) is 11.2. The van der Waals surface area contributed by atoms with Gasteiger partial charge < -0.3 is 4.74 Å². The van der Waals surface area contributed by atoms with Crippen molar-refractivity contribution < 1.29 is 27.1 Å². The molecule has 1 rings (SSSR count). The number of hydrogen-bond acceptors (Lipinski definition) is 2. The minimum Gasteiger partial charge on any atom is -0.450 e. The van der Waals surface area contributed by atoms with Crippen LogP contribution in [-0.4, -0.2) is 12.7 Å². The van der Waals surface area contributed by atoms with Gasteiger partial charge in [-0.2, -0.15) is 13.2 Å². The molecule has 0 heterocycles. The van der Waals surface area contributed by atoms with Crippen molar-refractivity contribution in [2.75, 3.05) is 11.9 Å². The van der Waals surface area contributed by atoms with Gasteiger partial charge in [0.15, 0.2) is 0 Å². The molecule has 1 aromatic carbocycles. The second kappa shape index (κ2) is 5.24. The highest BCUT2D eigenvalue weighted by atomic mass is 19.4. The van der Waals surface area contributed by atoms with Gasteiger partial charge in [0.2, 0.25) is 0 Å². The van der Waals surface area contributed by atoms with Gasteiger partial charge in [-0.05, 0) is 31.5 Å². The van der Waals surface area contributed by atoms with Crippen molar-refractivity contribution in [3.8, 4) is 0 Å². The van der Waals surface area contributed by atoms with Gasteiger partial charge in [0.1, 0.15) is 5.82 Å². The smallest absolute Gasteiger partial charge is 0.416 e. The van der Waals surface area contributed by atoms with Gasteiger partial charge in [-0.15, -0.1) is 0 Å². The summed E-state index contributed by atoms with van der Waals surface area (Å²) < 4.78 is 55.3. The van der Waals surface area contributed by atoms with E-state index in [0.29, 0.717) is 6.07 Å². The molecule has 7 heteroatoms. The third kappa shape index (κ3) is 3.35. The van der Waals surface area contributed by atoms with Crippen LogP contribution in [0.4, 0.5) is 28.0 Å². The topological polar surface area (TPSA) is 38.3 Å². The average Bonchev–Trinajstić information content (AvgIpc) is 2.21. The van der Waals surface area contributed by atoms with Gasteiger partial charge in [-0.25, -0.2) is 9.18 Å². The van der Waals surface area contributed by atoms with E-state index in [4.69, 9.17) is 0 Å². The number of carbonyl (C=O) groups is 1. The van der Waals surface area contributed by atoms with E-state index in [9.17, 15) is 22.4 Å². The van der Waals surface area contributed by atoms with Crippen LogP contribution in [0.2, 0.25) is 0 Å². The van der Waals surface area contributed by atoms with Crippen LogP contribution in [0.25, 0.3) is 0 Å². The summed E-state index contributed by atoms with van der Waals surface area (Å²) in [6, 6.07) is 1.26. The largest absolute Gasteiger partial charge is 0.450 e. The lowest BCUT2D eigenvalue weighted by molar-refractivity contribution is -0.138. The number of hydrogen-bond donors (Lipinski definition) is 1. The van der Waals surface area contributed by atoms with Crippen molar-refractivity contribution in [2.45, 2.75) is 20.0 Å². The van der Waals surface area contributed by atoms with Crippen molar-refractivity contribution in [3.05, 3.63) is 29.1 Å². The number of ether oxygens (including phenoxy) is 1. The molecular weight excluding hydrogens is 254 g/mol. The van der Waals surface area contributed by atoms with Crippen molar-refractivity contribution in [2.24, 2.45) is 0 Å². The summed E-state index contributed by atoms with van der Waals surface area (Å²) in [7, 11) is 0. The average molecular weight is 265 g/mol. The fourth-order valence-corrected chi connectivity index (χ4v) is 1.36. The first-order valence-corrected chi connectivity index (χ1v) is 5.06. The van der Waals surface area contributed by atoms with Gasteiger partial charge in [0.05, 0.1) is 17.9 Å². The maximum Gasteiger partial charge on any atom is 0.416 e. The van der Waals surface area contributed by atoms with Crippen LogP contribution in [0, 0.1) is 12.7 Å². The fourth-order valence-electron chi connectivity index (χ4n) is 1.36. The Kier molecular flexibility index (Phi) is 4.15. The van der Waals surface area contributed by atoms with Gasteiger partial charge in [0, 0.05) is 0 Å². The first kappa shape index (κ1) is 14.3. The van der Waals surface area contributed by atoms with Crippen molar-refractivity contribution in [1.29, 1.82) is 0 Å². The molecule has 0 bridgehead atoms. The Morgan fingerprint density at radius 1 is 1.39 bits per heavy atom. The second-order valence-electron chi connectivity index (χ2n) is 3.49. The van der Waals surface area contributed by atoms with E-state index < -0.39 is 23.7 Å². The minimum absolute atomic E-state index is 0.0765. The lowest BCUT2D eigenvalue weighted by Crippen LogP contribution is -2.16. The summed E-state index contributed by atoms with van der Waals surface area (Å²) in [5.74, 6) is -1.17. The predicted molar refractivity (Wildman–Crippen MR) is 56.8 cm³/mol. The molecule has 1 N–H and O–H groups in total. The number of halogens is 4. The Morgan fingerprint density at radius 3 is 2.50 bits per heavy atom. The van der Waals surface area contributed by atoms with E-state index in [1.807, 2.05) is 5.32 Å². The molecule has 3 nitrogen and oxygen atoms in total. The first-order chi connectivity index (χ1) is 8.25. The Hall–Kier alpha value is -1.79. The number of carbonyl (C=O) groups excluding carboxylic acids is 1. The van der Waals surface area contributed by atoms with E-state index in [0.717, 1.165) is 6.07 Å². The molecule has 0 aliphatic rings. The van der Waals surface area contributed by atoms with Gasteiger partial charge >= 0.3 is 12.3 Å². The lowest BCUT2D eigenvalue weighted by Gasteiger charge is -2.13. The van der Waals surface area contributed by atoms with Gasteiger partial charge in [0.25, 0.3) is 0 Å². The Morgan fingerprint density at radius 2 is 2.00 bits per heavy atom. The van der Waals surface area contributed by atoms with Crippen molar-refractivity contribution in [1.82, 2.24) is 0 Å². The number of alkyl halides is 3. The molecule has 0 saturated carbocycles. The first-order valence-electron chi connectivity index (χ1n) is 5.06. The second-order valence-corrected chi connectivity index (χ2v) is 3.49. The quantitative estimate of drug-likeness (QED) is 0.827. The molecule has 0 aromatic heterocycles. The monoisotopic (exact) mass is 265 g/mol. The zero-order valence-corrected chi connectivity index (χ0v) is 9.69. The minimum atomic E-state index is -4.63. The fraction of sp³-hybridized carbons (Fsp3) is 0.364. The van der Waals surface area contributed by atoms with Crippen LogP contribution in [-0.2, 0) is 10.9 Å². The van der Waals surface area contributed by atoms with Crippen LogP contribution in [0.15, 0.2) is 12.1 Å². The van der Waals surface area contributed by atoms with E-state index >= 15 is 0 Å². The number of rotatable bonds is 2. The number of amides is 1. The highest BCUT2D eigenvalue weighted by molar-refractivity contribution is 5.85. The maximum atomic E-state index is 13.4. The van der Waals surface area contributed by atoms with Crippen molar-refractivity contribution in [3.63, 3.8) is 0 Å². The van der Waals surface area contributed by atoms with Crippen LogP contribution >= 0.6 is 0 Å². The molecule has 0 saturated heterocycles. The van der Waals surface area contributed by atoms with Crippen LogP contribution in [0.3, 0.4) is 0 Å². The summed E-state index contributed by atoms with van der Waals surface area (Å²) in [6.07, 6.45) is -5.55. The van der Waals surface area contributed by atoms with E-state index in [1.165, 1.54) is 6.92 Å². The summed E-state index contributed by atoms with van der Waals surface area (Å²) in [6.45, 7) is 2.81. The highest BCUT2D eigenvalue weighted by Crippen LogP contribution is 2.34. The maximum absolute atomic E-state index is 13.4. The third-order valence-electron chi connectivity index (χ3n) is 2.13. The Balaban J connectivity index is 3.04. The Labute approximate surface area is 101 Å². The standard InChI is InChI=1S/C11H11F4NO2/c1-3-18-10(17)16-9-4-6(2)7(5-8(9)12)11(13,14)15/h4-5H,3H2,1-2H3,(H,16,17). The molecule has 0 radical (unpaired) electrons. The van der Waals surface area contributed by atoms with Gasteiger partial charge in [-0.3, -0.25) is 5.32 Å². The summed E-state index contributed by atoms with van der Waals surface area (Å²) in [5.41, 5.74) is -1.61. The molecule has 1 aromatic rings. The molecule has 0 aliphatic carbocycles. The molecule has 0 spiro atoms. The predicted octanol–water partition coefficient (Wildman–Crippen LogP) is 3.72. The zero-order chi connectivity index (χ0) is 13.9. The molecule has 0 atom stereocenters. The SMILES string of the molecule is CCOC(=O)Nc1cc(C)c(C(F)(F)F)cc1F.